The van der Waals surface area contributed by atoms with E-state index in [2.05, 4.69) is 0 Å². The maximum Gasteiger partial charge on any atom is 1.00 e. The second-order valence-corrected chi connectivity index (χ2v) is 5.29. The molecule has 1 heterocycles. The van der Waals surface area contributed by atoms with Crippen LogP contribution in [0.2, 0.25) is 0 Å². The molecular weight excluding hydrogens is 225 g/mol. The molecule has 1 saturated heterocycles. The van der Waals surface area contributed by atoms with Crippen LogP contribution in [-0.4, -0.2) is 37.9 Å². The molecule has 2 rings (SSSR count). The van der Waals surface area contributed by atoms with E-state index >= 15 is 0 Å². The van der Waals surface area contributed by atoms with Crippen molar-refractivity contribution in [1.82, 2.24) is 4.90 Å². The van der Waals surface area contributed by atoms with Crippen molar-refractivity contribution in [1.29, 1.82) is 0 Å². The van der Waals surface area contributed by atoms with Crippen molar-refractivity contribution in [2.24, 2.45) is 5.92 Å². The maximum atomic E-state index is 11.7. The summed E-state index contributed by atoms with van der Waals surface area (Å²) in [6.45, 7) is 0.816. The second-order valence-electron chi connectivity index (χ2n) is 4.11. The van der Waals surface area contributed by atoms with Gasteiger partial charge in [-0.15, -0.1) is 0 Å². The van der Waals surface area contributed by atoms with E-state index in [0.29, 0.717) is 13.1 Å². The zero-order valence-corrected chi connectivity index (χ0v) is 11.8. The molecule has 0 aromatic carbocycles. The summed E-state index contributed by atoms with van der Waals surface area (Å²) in [5.74, 6) is 0.347. The van der Waals surface area contributed by atoms with Gasteiger partial charge in [0.15, 0.2) is 0 Å². The standard InChI is InChI=1S/C9H15NO3S.Na/c11-9(7-3-1-2-4-7)10-5-8(6-10)14(12)13;/h7-8H,1-6H2,(H,12,13);/q;+1/p-1. The Morgan fingerprint density at radius 2 is 1.80 bits per heavy atom. The SMILES string of the molecule is O=C(C1CCCC1)N1CC(S(=O)[O-])C1.[Na+]. The summed E-state index contributed by atoms with van der Waals surface area (Å²) in [6, 6.07) is 0. The summed E-state index contributed by atoms with van der Waals surface area (Å²) in [5, 5.41) is -0.319. The van der Waals surface area contributed by atoms with E-state index in [0.717, 1.165) is 25.7 Å². The van der Waals surface area contributed by atoms with Crippen molar-refractivity contribution in [3.8, 4) is 0 Å². The minimum Gasteiger partial charge on any atom is -0.772 e. The number of carbonyl (C=O) groups is 1. The fourth-order valence-electron chi connectivity index (χ4n) is 2.17. The molecule has 0 aromatic heterocycles. The third kappa shape index (κ3) is 3.03. The predicted molar refractivity (Wildman–Crippen MR) is 51.2 cm³/mol. The average molecular weight is 239 g/mol. The molecule has 1 saturated carbocycles. The van der Waals surface area contributed by atoms with Gasteiger partial charge in [0.1, 0.15) is 0 Å². The first-order valence-corrected chi connectivity index (χ1v) is 6.19. The van der Waals surface area contributed by atoms with Crippen molar-refractivity contribution < 1.29 is 43.1 Å². The van der Waals surface area contributed by atoms with Crippen molar-refractivity contribution in [2.45, 2.75) is 30.9 Å². The van der Waals surface area contributed by atoms with Crippen LogP contribution < -0.4 is 29.6 Å². The summed E-state index contributed by atoms with van der Waals surface area (Å²) in [4.78, 5) is 13.4. The van der Waals surface area contributed by atoms with Crippen LogP contribution in [0.15, 0.2) is 0 Å². The molecule has 1 aliphatic heterocycles. The minimum absolute atomic E-state index is 0. The normalized spacial score (nSPS) is 24.5. The molecule has 80 valence electrons. The fraction of sp³-hybridized carbons (Fsp3) is 0.889. The molecule has 15 heavy (non-hydrogen) atoms. The maximum absolute atomic E-state index is 11.7. The summed E-state index contributed by atoms with van der Waals surface area (Å²) in [7, 11) is 0. The molecule has 0 spiro atoms. The largest absolute Gasteiger partial charge is 1.00 e. The Kier molecular flexibility index (Phi) is 5.25. The van der Waals surface area contributed by atoms with Gasteiger partial charge < -0.3 is 9.45 Å². The molecule has 2 aliphatic rings. The Balaban J connectivity index is 0.00000112. The first-order chi connectivity index (χ1) is 6.68. The van der Waals surface area contributed by atoms with Crippen molar-refractivity contribution in [2.75, 3.05) is 13.1 Å². The average Bonchev–Trinajstić information content (AvgIpc) is 2.51. The van der Waals surface area contributed by atoms with Gasteiger partial charge in [0.25, 0.3) is 0 Å². The van der Waals surface area contributed by atoms with Gasteiger partial charge in [-0.3, -0.25) is 9.00 Å². The van der Waals surface area contributed by atoms with Crippen LogP contribution in [0, 0.1) is 5.92 Å². The molecule has 0 aromatic rings. The van der Waals surface area contributed by atoms with E-state index in [1.54, 1.807) is 4.90 Å². The Hall–Kier alpha value is 0.580. The first-order valence-electron chi connectivity index (χ1n) is 5.05. The summed E-state index contributed by atoms with van der Waals surface area (Å²) in [6.07, 6.45) is 4.25. The molecule has 0 N–H and O–H groups in total. The minimum atomic E-state index is -2.01. The quantitative estimate of drug-likeness (QED) is 0.388. The monoisotopic (exact) mass is 239 g/mol. The van der Waals surface area contributed by atoms with E-state index < -0.39 is 11.1 Å². The predicted octanol–water partition coefficient (Wildman–Crippen LogP) is -2.73. The number of hydrogen-bond donors (Lipinski definition) is 0. The van der Waals surface area contributed by atoms with Crippen LogP contribution in [0.4, 0.5) is 0 Å². The van der Waals surface area contributed by atoms with Crippen LogP contribution in [0.25, 0.3) is 0 Å². The van der Waals surface area contributed by atoms with Crippen LogP contribution >= 0.6 is 0 Å². The number of amides is 1. The Morgan fingerprint density at radius 1 is 1.27 bits per heavy atom. The molecule has 1 atom stereocenters. The zero-order valence-electron chi connectivity index (χ0n) is 8.98. The Bertz CT molecular complexity index is 262. The van der Waals surface area contributed by atoms with Crippen LogP contribution in [0.3, 0.4) is 0 Å². The Morgan fingerprint density at radius 3 is 2.27 bits per heavy atom. The molecule has 1 unspecified atom stereocenters. The van der Waals surface area contributed by atoms with Crippen molar-refractivity contribution in [3.63, 3.8) is 0 Å². The second kappa shape index (κ2) is 5.77. The third-order valence-electron chi connectivity index (χ3n) is 3.14. The molecule has 4 nitrogen and oxygen atoms in total. The van der Waals surface area contributed by atoms with Gasteiger partial charge in [-0.2, -0.15) is 0 Å². The summed E-state index contributed by atoms with van der Waals surface area (Å²) >= 11 is -2.01. The Labute approximate surface area is 114 Å². The van der Waals surface area contributed by atoms with Gasteiger partial charge in [0.05, 0.1) is 5.25 Å². The van der Waals surface area contributed by atoms with E-state index in [1.165, 1.54) is 0 Å². The smallest absolute Gasteiger partial charge is 0.772 e. The fourth-order valence-corrected chi connectivity index (χ4v) is 2.77. The van der Waals surface area contributed by atoms with Crippen LogP contribution in [0.1, 0.15) is 25.7 Å². The zero-order chi connectivity index (χ0) is 10.1. The molecule has 6 heteroatoms. The number of likely N-dealkylation sites (tertiary alicyclic amines) is 1. The topological polar surface area (TPSA) is 60.4 Å². The molecule has 0 bridgehead atoms. The van der Waals surface area contributed by atoms with Gasteiger partial charge in [-0.1, -0.05) is 12.8 Å². The van der Waals surface area contributed by atoms with E-state index in [1.807, 2.05) is 0 Å². The molecule has 1 aliphatic carbocycles. The number of carbonyl (C=O) groups excluding carboxylic acids is 1. The van der Waals surface area contributed by atoms with Crippen LogP contribution in [-0.2, 0) is 15.9 Å². The first kappa shape index (κ1) is 13.6. The molecule has 1 amide bonds. The summed E-state index contributed by atoms with van der Waals surface area (Å²) in [5.41, 5.74) is 0. The van der Waals surface area contributed by atoms with Crippen molar-refractivity contribution in [3.05, 3.63) is 0 Å². The van der Waals surface area contributed by atoms with E-state index in [-0.39, 0.29) is 46.6 Å². The molecular formula is C9H14NNaO3S. The van der Waals surface area contributed by atoms with E-state index in [9.17, 15) is 13.6 Å². The van der Waals surface area contributed by atoms with Gasteiger partial charge >= 0.3 is 29.6 Å². The van der Waals surface area contributed by atoms with Gasteiger partial charge in [0, 0.05) is 19.0 Å². The van der Waals surface area contributed by atoms with Gasteiger partial charge in [0.2, 0.25) is 5.91 Å². The summed E-state index contributed by atoms with van der Waals surface area (Å²) < 4.78 is 21.1. The molecule has 0 radical (unpaired) electrons. The number of rotatable bonds is 2. The van der Waals surface area contributed by atoms with Crippen LogP contribution in [0.5, 0.6) is 0 Å². The number of nitrogens with zero attached hydrogens (tertiary/aromatic N) is 1. The molecule has 2 fully saturated rings. The van der Waals surface area contributed by atoms with Crippen molar-refractivity contribution >= 4 is 17.0 Å². The van der Waals surface area contributed by atoms with E-state index in [4.69, 9.17) is 0 Å². The number of hydrogen-bond acceptors (Lipinski definition) is 3. The van der Waals surface area contributed by atoms with Gasteiger partial charge in [-0.25, -0.2) is 0 Å². The third-order valence-corrected chi connectivity index (χ3v) is 3.98. The van der Waals surface area contributed by atoms with Gasteiger partial charge in [-0.05, 0) is 23.9 Å².